The van der Waals surface area contributed by atoms with Crippen LogP contribution in [0, 0.1) is 81.4 Å². The molecule has 0 bridgehead atoms. The van der Waals surface area contributed by atoms with Gasteiger partial charge in [0.1, 0.15) is 0 Å². The fraction of sp³-hybridized carbons (Fsp3) is 0.182. The van der Waals surface area contributed by atoms with Crippen LogP contribution in [-0.2, 0) is 10.5 Å². The largest absolute Gasteiger partial charge is 0.433 e. The summed E-state index contributed by atoms with van der Waals surface area (Å²) in [6.45, 7) is 0. The molecule has 0 heterocycles. The fourth-order valence-corrected chi connectivity index (χ4v) is 8.33. The van der Waals surface area contributed by atoms with E-state index in [0.29, 0.717) is 0 Å². The van der Waals surface area contributed by atoms with E-state index in [2.05, 4.69) is 0 Å². The third kappa shape index (κ3) is 3.72. The standard InChI is InChI=1S/C10F11.2C6F5.Al/c11-3-1-2(4(12)6(14)5(3)13)8(16,17)10(20,21)9(18,19)7(1)15;2*7-2-1-3(8)5(10)6(11)4(2)9;. The van der Waals surface area contributed by atoms with E-state index in [4.69, 9.17) is 0 Å². The lowest BCUT2D eigenvalue weighted by atomic mass is 9.80. The zero-order chi connectivity index (χ0) is 34.0. The van der Waals surface area contributed by atoms with Crippen molar-refractivity contribution in [3.8, 4) is 0 Å². The average Bonchev–Trinajstić information content (AvgIpc) is 2.95. The molecule has 3 aromatic carbocycles. The van der Waals surface area contributed by atoms with Crippen molar-refractivity contribution in [3.05, 3.63) is 92.6 Å². The first kappa shape index (κ1) is 33.6. The van der Waals surface area contributed by atoms with Crippen LogP contribution in [-0.4, -0.2) is 26.0 Å². The zero-order valence-corrected chi connectivity index (χ0v) is 20.7. The number of alkyl halides is 7. The first-order valence-electron chi connectivity index (χ1n) is 10.6. The van der Waals surface area contributed by atoms with Crippen LogP contribution in [0.4, 0.5) is 92.2 Å². The Bertz CT molecular complexity index is 1640. The highest BCUT2D eigenvalue weighted by Crippen LogP contribution is 2.66. The molecule has 0 spiro atoms. The Hall–Kier alpha value is -3.28. The third-order valence-corrected chi connectivity index (χ3v) is 10.3. The van der Waals surface area contributed by atoms with Crippen LogP contribution in [0.25, 0.3) is 0 Å². The minimum atomic E-state index is -7.79. The van der Waals surface area contributed by atoms with E-state index in [1.165, 1.54) is 0 Å². The molecule has 0 fully saturated rings. The van der Waals surface area contributed by atoms with Gasteiger partial charge in [0.2, 0.25) is 0 Å². The molecular weight excluding hydrogens is 690 g/mol. The van der Waals surface area contributed by atoms with E-state index >= 15 is 13.2 Å². The van der Waals surface area contributed by atoms with Gasteiger partial charge in [-0.25, -0.2) is 65.9 Å². The van der Waals surface area contributed by atoms with E-state index in [0.717, 1.165) is 0 Å². The van der Waals surface area contributed by atoms with Gasteiger partial charge in [-0.2, -0.15) is 26.3 Å². The average molecular weight is 690 g/mol. The van der Waals surface area contributed by atoms with E-state index in [9.17, 15) is 79.0 Å². The summed E-state index contributed by atoms with van der Waals surface area (Å²) in [5, 5.41) is 0. The molecule has 238 valence electrons. The van der Waals surface area contributed by atoms with Crippen molar-refractivity contribution in [2.45, 2.75) is 22.3 Å². The molecule has 22 heteroatoms. The molecule has 1 unspecified atom stereocenters. The SMILES string of the molecule is Fc1c(F)c(F)[c]([Al]([c]2c(F)c(F)c(F)c(F)c2F)[C]2(F)c3c(F)c(F)c(F)c(F)c3C(F)(F)C(F)(F)C2(F)F)c(F)c1F. The molecule has 3 aromatic rings. The molecule has 0 amide bonds. The molecule has 0 aliphatic heterocycles. The Labute approximate surface area is 230 Å². The molecule has 44 heavy (non-hydrogen) atoms. The van der Waals surface area contributed by atoms with Crippen molar-refractivity contribution in [2.24, 2.45) is 0 Å². The van der Waals surface area contributed by atoms with Crippen molar-refractivity contribution in [1.82, 2.24) is 0 Å². The van der Waals surface area contributed by atoms with Crippen molar-refractivity contribution in [2.75, 3.05) is 0 Å². The van der Waals surface area contributed by atoms with Crippen LogP contribution in [0.5, 0.6) is 0 Å². The normalized spacial score (nSPS) is 20.1. The first-order valence-corrected chi connectivity index (χ1v) is 12.3. The van der Waals surface area contributed by atoms with Crippen LogP contribution in [0.3, 0.4) is 0 Å². The summed E-state index contributed by atoms with van der Waals surface area (Å²) < 4.78 is 293. The quantitative estimate of drug-likeness (QED) is 0.120. The molecule has 1 atom stereocenters. The minimum Gasteiger partial charge on any atom is -0.248 e. The molecular formula is C22AlF21. The van der Waals surface area contributed by atoms with Gasteiger partial charge in [-0.1, -0.05) is 0 Å². The van der Waals surface area contributed by atoms with Crippen LogP contribution < -0.4 is 8.85 Å². The summed E-state index contributed by atoms with van der Waals surface area (Å²) in [7, 11) is 0. The van der Waals surface area contributed by atoms with E-state index in [1.807, 2.05) is 0 Å². The van der Waals surface area contributed by atoms with E-state index < -0.39 is 138 Å². The van der Waals surface area contributed by atoms with Gasteiger partial charge < -0.3 is 0 Å². The molecule has 0 radical (unpaired) electrons. The summed E-state index contributed by atoms with van der Waals surface area (Å²) in [5.74, 6) is -73.1. The highest BCUT2D eigenvalue weighted by Gasteiger charge is 2.88. The Kier molecular flexibility index (Phi) is 7.53. The lowest BCUT2D eigenvalue weighted by Crippen LogP contribution is -2.76. The van der Waals surface area contributed by atoms with Gasteiger partial charge in [-0.15, -0.1) is 0 Å². The molecule has 0 saturated carbocycles. The van der Waals surface area contributed by atoms with E-state index in [1.54, 1.807) is 0 Å². The molecule has 0 N–H and O–H groups in total. The minimum absolute atomic E-state index is 3.33. The van der Waals surface area contributed by atoms with Gasteiger partial charge >= 0.3 is 31.9 Å². The topological polar surface area (TPSA) is 0 Å². The number of fused-ring (bicyclic) bond motifs is 1. The Balaban J connectivity index is 2.47. The highest BCUT2D eigenvalue weighted by atomic mass is 27.2. The maximum absolute atomic E-state index is 16.9. The second-order valence-electron chi connectivity index (χ2n) is 8.84. The van der Waals surface area contributed by atoms with Crippen LogP contribution in [0.1, 0.15) is 11.1 Å². The second-order valence-corrected chi connectivity index (χ2v) is 11.7. The third-order valence-electron chi connectivity index (χ3n) is 6.65. The smallest absolute Gasteiger partial charge is 0.248 e. The van der Waals surface area contributed by atoms with Gasteiger partial charge in [0.05, 0.1) is 5.56 Å². The van der Waals surface area contributed by atoms with Gasteiger partial charge in [-0.05, 0) is 8.85 Å². The molecule has 1 aliphatic rings. The van der Waals surface area contributed by atoms with Gasteiger partial charge in [-0.3, -0.25) is 0 Å². The first-order chi connectivity index (χ1) is 19.9. The van der Waals surface area contributed by atoms with Crippen molar-refractivity contribution in [1.29, 1.82) is 0 Å². The number of hydrogen-bond acceptors (Lipinski definition) is 0. The van der Waals surface area contributed by atoms with Crippen molar-refractivity contribution >= 4 is 23.0 Å². The number of rotatable bonds is 3. The number of hydrogen-bond donors (Lipinski definition) is 0. The van der Waals surface area contributed by atoms with Gasteiger partial charge in [0, 0.05) is 5.56 Å². The van der Waals surface area contributed by atoms with Gasteiger partial charge in [0.25, 0.3) is 0 Å². The lowest BCUT2D eigenvalue weighted by molar-refractivity contribution is -0.351. The van der Waals surface area contributed by atoms with E-state index in [-0.39, 0.29) is 0 Å². The Morgan fingerprint density at radius 1 is 0.295 bits per heavy atom. The predicted octanol–water partition coefficient (Wildman–Crippen LogP) is 7.02. The highest BCUT2D eigenvalue weighted by molar-refractivity contribution is 6.87. The van der Waals surface area contributed by atoms with Crippen LogP contribution in [0.2, 0.25) is 0 Å². The Morgan fingerprint density at radius 2 is 0.545 bits per heavy atom. The number of benzene rings is 3. The summed E-state index contributed by atoms with van der Waals surface area (Å²) in [6.07, 6.45) is 0. The fourth-order valence-electron chi connectivity index (χ4n) is 4.63. The predicted molar refractivity (Wildman–Crippen MR) is 100 cm³/mol. The second kappa shape index (κ2) is 9.86. The zero-order valence-electron chi connectivity index (χ0n) is 19.5. The lowest BCUT2D eigenvalue weighted by Gasteiger charge is -2.49. The summed E-state index contributed by atoms with van der Waals surface area (Å²) in [5.41, 5.74) is -7.95. The van der Waals surface area contributed by atoms with Crippen LogP contribution >= 0.6 is 0 Å². The molecule has 0 nitrogen and oxygen atoms in total. The maximum atomic E-state index is 16.9. The van der Waals surface area contributed by atoms with Crippen molar-refractivity contribution in [3.63, 3.8) is 0 Å². The van der Waals surface area contributed by atoms with Gasteiger partial charge in [0.15, 0.2) is 86.0 Å². The summed E-state index contributed by atoms with van der Waals surface area (Å²) in [6, 6.07) is 0. The Morgan fingerprint density at radius 3 is 0.864 bits per heavy atom. The summed E-state index contributed by atoms with van der Waals surface area (Å²) >= 11 is -7.76. The molecule has 0 saturated heterocycles. The molecule has 4 rings (SSSR count). The van der Waals surface area contributed by atoms with Crippen molar-refractivity contribution < 1.29 is 92.2 Å². The molecule has 1 aliphatic carbocycles. The van der Waals surface area contributed by atoms with Crippen LogP contribution in [0.15, 0.2) is 0 Å². The molecule has 0 aromatic heterocycles. The number of halogens is 21. The summed E-state index contributed by atoms with van der Waals surface area (Å²) in [4.78, 5) is 0. The monoisotopic (exact) mass is 690 g/mol. The maximum Gasteiger partial charge on any atom is 0.433 e.